The number of sulfone groups is 1. The summed E-state index contributed by atoms with van der Waals surface area (Å²) >= 11 is 0. The molecule has 0 bridgehead atoms. The summed E-state index contributed by atoms with van der Waals surface area (Å²) in [4.78, 5) is 12.5. The quantitative estimate of drug-likeness (QED) is 0.909. The van der Waals surface area contributed by atoms with Crippen molar-refractivity contribution >= 4 is 21.4 Å². The minimum Gasteiger partial charge on any atom is -0.497 e. The molecule has 2 aromatic rings. The first kappa shape index (κ1) is 15.5. The van der Waals surface area contributed by atoms with Crippen LogP contribution in [0.15, 0.2) is 24.3 Å². The number of carbonyl (C=O) groups is 1. The summed E-state index contributed by atoms with van der Waals surface area (Å²) in [5, 5.41) is 6.94. The molecule has 0 fully saturated rings. The predicted molar refractivity (Wildman–Crippen MR) is 85.4 cm³/mol. The van der Waals surface area contributed by atoms with E-state index in [2.05, 4.69) is 10.4 Å². The largest absolute Gasteiger partial charge is 0.497 e. The van der Waals surface area contributed by atoms with Crippen LogP contribution in [0.5, 0.6) is 5.75 Å². The van der Waals surface area contributed by atoms with Crippen molar-refractivity contribution in [3.8, 4) is 5.75 Å². The van der Waals surface area contributed by atoms with Gasteiger partial charge in [-0.1, -0.05) is 6.07 Å². The van der Waals surface area contributed by atoms with Crippen LogP contribution in [0.3, 0.4) is 0 Å². The third kappa shape index (κ3) is 3.07. The van der Waals surface area contributed by atoms with Gasteiger partial charge in [-0.25, -0.2) is 8.42 Å². The third-order valence-corrected chi connectivity index (χ3v) is 5.39. The van der Waals surface area contributed by atoms with E-state index in [1.54, 1.807) is 43.1 Å². The van der Waals surface area contributed by atoms with Gasteiger partial charge in [0.15, 0.2) is 15.5 Å². The average Bonchev–Trinajstić information content (AvgIpc) is 2.82. The number of nitrogens with one attached hydrogen (secondary N) is 1. The van der Waals surface area contributed by atoms with Crippen LogP contribution in [0.1, 0.15) is 21.7 Å². The smallest absolute Gasteiger partial charge is 0.276 e. The van der Waals surface area contributed by atoms with Crippen LogP contribution < -0.4 is 10.1 Å². The van der Waals surface area contributed by atoms with Crippen LogP contribution in [-0.4, -0.2) is 37.0 Å². The van der Waals surface area contributed by atoms with Gasteiger partial charge in [-0.05, 0) is 12.1 Å². The average molecular weight is 335 g/mol. The number of hydrogen-bond donors (Lipinski definition) is 1. The molecule has 0 unspecified atom stereocenters. The van der Waals surface area contributed by atoms with Crippen LogP contribution in [-0.2, 0) is 29.1 Å². The van der Waals surface area contributed by atoms with E-state index in [1.807, 2.05) is 0 Å². The van der Waals surface area contributed by atoms with Gasteiger partial charge in [0, 0.05) is 36.5 Å². The lowest BCUT2D eigenvalue weighted by Gasteiger charge is -2.13. The maximum atomic E-state index is 12.5. The summed E-state index contributed by atoms with van der Waals surface area (Å²) in [6, 6.07) is 6.94. The van der Waals surface area contributed by atoms with Crippen LogP contribution in [0.4, 0.5) is 5.69 Å². The van der Waals surface area contributed by atoms with E-state index in [9.17, 15) is 13.2 Å². The van der Waals surface area contributed by atoms with E-state index in [4.69, 9.17) is 4.74 Å². The number of fused-ring (bicyclic) bond motifs is 1. The number of nitrogens with zero attached hydrogens (tertiary/aromatic N) is 2. The first-order valence-electron chi connectivity index (χ1n) is 7.10. The normalized spacial score (nSPS) is 15.7. The molecule has 0 spiro atoms. The van der Waals surface area contributed by atoms with E-state index in [1.165, 1.54) is 0 Å². The van der Waals surface area contributed by atoms with Crippen LogP contribution in [0.2, 0.25) is 0 Å². The summed E-state index contributed by atoms with van der Waals surface area (Å²) in [7, 11) is 0.0882. The number of ether oxygens (including phenoxy) is 1. The molecule has 8 heteroatoms. The van der Waals surface area contributed by atoms with Gasteiger partial charge in [-0.15, -0.1) is 0 Å². The Hall–Kier alpha value is -2.35. The Morgan fingerprint density at radius 2 is 2.17 bits per heavy atom. The SMILES string of the molecule is COc1cccc(NC(=O)c2nn(C)c3c2CS(=O)(=O)CC3)c1. The van der Waals surface area contributed by atoms with Crippen molar-refractivity contribution in [2.24, 2.45) is 7.05 Å². The van der Waals surface area contributed by atoms with Crippen molar-refractivity contribution < 1.29 is 17.9 Å². The number of anilines is 1. The molecule has 122 valence electrons. The molecule has 7 nitrogen and oxygen atoms in total. The number of carbonyl (C=O) groups excluding carboxylic acids is 1. The minimum atomic E-state index is -3.18. The van der Waals surface area contributed by atoms with Crippen LogP contribution in [0, 0.1) is 0 Å². The molecule has 1 aromatic heterocycles. The number of rotatable bonds is 3. The Balaban J connectivity index is 1.91. The molecule has 1 amide bonds. The Bertz CT molecular complexity index is 871. The summed E-state index contributed by atoms with van der Waals surface area (Å²) in [5.41, 5.74) is 2.02. The fraction of sp³-hybridized carbons (Fsp3) is 0.333. The highest BCUT2D eigenvalue weighted by Crippen LogP contribution is 2.25. The molecule has 3 rings (SSSR count). The van der Waals surface area contributed by atoms with Crippen molar-refractivity contribution in [2.75, 3.05) is 18.2 Å². The number of aryl methyl sites for hydroxylation is 1. The lowest BCUT2D eigenvalue weighted by Crippen LogP contribution is -2.22. The molecule has 0 atom stereocenters. The standard InChI is InChI=1S/C15H17N3O4S/c1-18-13-6-7-23(20,21)9-12(13)14(17-18)15(19)16-10-4-3-5-11(8-10)22-2/h3-5,8H,6-7,9H2,1-2H3,(H,16,19). The lowest BCUT2D eigenvalue weighted by atomic mass is 10.1. The van der Waals surface area contributed by atoms with Gasteiger partial charge in [0.1, 0.15) is 5.75 Å². The van der Waals surface area contributed by atoms with Gasteiger partial charge in [0.2, 0.25) is 0 Å². The molecule has 1 aliphatic rings. The number of benzene rings is 1. The highest BCUT2D eigenvalue weighted by Gasteiger charge is 2.30. The Morgan fingerprint density at radius 3 is 2.91 bits per heavy atom. The molecule has 1 aliphatic heterocycles. The van der Waals surface area contributed by atoms with Crippen molar-refractivity contribution in [2.45, 2.75) is 12.2 Å². The summed E-state index contributed by atoms with van der Waals surface area (Å²) in [6.45, 7) is 0. The maximum absolute atomic E-state index is 12.5. The number of methoxy groups -OCH3 is 1. The van der Waals surface area contributed by atoms with E-state index in [-0.39, 0.29) is 17.2 Å². The summed E-state index contributed by atoms with van der Waals surface area (Å²) in [6.07, 6.45) is 0.383. The zero-order chi connectivity index (χ0) is 16.6. The van der Waals surface area contributed by atoms with Gasteiger partial charge < -0.3 is 10.1 Å². The van der Waals surface area contributed by atoms with Gasteiger partial charge in [-0.3, -0.25) is 9.48 Å². The van der Waals surface area contributed by atoms with Gasteiger partial charge in [0.25, 0.3) is 5.91 Å². The molecule has 0 radical (unpaired) electrons. The minimum absolute atomic E-state index is 0.0937. The van der Waals surface area contributed by atoms with E-state index >= 15 is 0 Å². The van der Waals surface area contributed by atoms with Crippen molar-refractivity contribution in [3.05, 3.63) is 41.2 Å². The predicted octanol–water partition coefficient (Wildman–Crippen LogP) is 1.15. The van der Waals surface area contributed by atoms with Crippen molar-refractivity contribution in [3.63, 3.8) is 0 Å². The summed E-state index contributed by atoms with van der Waals surface area (Å²) in [5.74, 6) is 0.147. The molecule has 0 saturated heterocycles. The molecular weight excluding hydrogens is 318 g/mol. The van der Waals surface area contributed by atoms with Gasteiger partial charge in [0.05, 0.1) is 18.6 Å². The zero-order valence-corrected chi connectivity index (χ0v) is 13.7. The molecule has 1 aromatic carbocycles. The third-order valence-electron chi connectivity index (χ3n) is 3.83. The van der Waals surface area contributed by atoms with E-state index in [0.717, 1.165) is 5.69 Å². The first-order valence-corrected chi connectivity index (χ1v) is 8.92. The van der Waals surface area contributed by atoms with Gasteiger partial charge in [-0.2, -0.15) is 5.10 Å². The second-order valence-corrected chi connectivity index (χ2v) is 7.61. The monoisotopic (exact) mass is 335 g/mol. The van der Waals surface area contributed by atoms with E-state index < -0.39 is 15.7 Å². The molecular formula is C15H17N3O4S. The highest BCUT2D eigenvalue weighted by molar-refractivity contribution is 7.90. The molecule has 0 saturated carbocycles. The second kappa shape index (κ2) is 5.69. The highest BCUT2D eigenvalue weighted by atomic mass is 32.2. The molecule has 0 aliphatic carbocycles. The summed E-state index contributed by atoms with van der Waals surface area (Å²) < 4.78 is 30.4. The number of amides is 1. The zero-order valence-electron chi connectivity index (χ0n) is 12.9. The topological polar surface area (TPSA) is 90.3 Å². The fourth-order valence-electron chi connectivity index (χ4n) is 2.68. The number of hydrogen-bond acceptors (Lipinski definition) is 5. The molecule has 2 heterocycles. The molecule has 1 N–H and O–H groups in total. The Morgan fingerprint density at radius 1 is 1.39 bits per heavy atom. The van der Waals surface area contributed by atoms with Gasteiger partial charge >= 0.3 is 0 Å². The second-order valence-electron chi connectivity index (χ2n) is 5.43. The van der Waals surface area contributed by atoms with Crippen LogP contribution >= 0.6 is 0 Å². The van der Waals surface area contributed by atoms with E-state index in [0.29, 0.717) is 23.4 Å². The Kier molecular flexibility index (Phi) is 3.85. The molecule has 23 heavy (non-hydrogen) atoms. The van der Waals surface area contributed by atoms with Crippen molar-refractivity contribution in [1.29, 1.82) is 0 Å². The number of aromatic nitrogens is 2. The fourth-order valence-corrected chi connectivity index (χ4v) is 4.08. The van der Waals surface area contributed by atoms with Crippen LogP contribution in [0.25, 0.3) is 0 Å². The Labute approximate surface area is 134 Å². The first-order chi connectivity index (χ1) is 10.9. The van der Waals surface area contributed by atoms with Crippen molar-refractivity contribution in [1.82, 2.24) is 9.78 Å². The lowest BCUT2D eigenvalue weighted by molar-refractivity contribution is 0.102. The maximum Gasteiger partial charge on any atom is 0.276 e.